The highest BCUT2D eigenvalue weighted by molar-refractivity contribution is 5.56. The van der Waals surface area contributed by atoms with Gasteiger partial charge in [0.2, 0.25) is 0 Å². The van der Waals surface area contributed by atoms with Crippen LogP contribution < -0.4 is 5.73 Å². The number of anilines is 1. The number of nitrogens with two attached hydrogens (primary N) is 1. The molecule has 106 valence electrons. The van der Waals surface area contributed by atoms with E-state index < -0.39 is 0 Å². The van der Waals surface area contributed by atoms with E-state index in [1.165, 1.54) is 0 Å². The number of benzene rings is 1. The van der Waals surface area contributed by atoms with Gasteiger partial charge in [0, 0.05) is 37.0 Å². The monoisotopic (exact) mass is 279 g/mol. The van der Waals surface area contributed by atoms with Crippen molar-refractivity contribution in [3.63, 3.8) is 0 Å². The van der Waals surface area contributed by atoms with Crippen molar-refractivity contribution in [3.05, 3.63) is 60.3 Å². The SMILES string of the molecule is CCn1ccnc1Cc1cc(N)nc(-c2ccccc2)n1. The molecular weight excluding hydrogens is 262 g/mol. The van der Waals surface area contributed by atoms with Crippen LogP contribution in [0.4, 0.5) is 5.82 Å². The Labute approximate surface area is 123 Å². The second kappa shape index (κ2) is 5.75. The van der Waals surface area contributed by atoms with E-state index in [2.05, 4.69) is 26.4 Å². The molecule has 0 bridgehead atoms. The van der Waals surface area contributed by atoms with Gasteiger partial charge in [0.05, 0.1) is 5.69 Å². The van der Waals surface area contributed by atoms with Gasteiger partial charge in [-0.2, -0.15) is 0 Å². The summed E-state index contributed by atoms with van der Waals surface area (Å²) in [5, 5.41) is 0. The Morgan fingerprint density at radius 2 is 1.95 bits per heavy atom. The van der Waals surface area contributed by atoms with Crippen LogP contribution in [0, 0.1) is 0 Å². The lowest BCUT2D eigenvalue weighted by Gasteiger charge is -2.07. The number of aryl methyl sites for hydroxylation is 1. The minimum absolute atomic E-state index is 0.480. The standard InChI is InChI=1S/C16H17N5/c1-2-21-9-8-18-15(21)11-13-10-14(17)20-16(19-13)12-6-4-3-5-7-12/h3-10H,2,11H2,1H3,(H2,17,19,20). The number of rotatable bonds is 4. The van der Waals surface area contributed by atoms with E-state index in [4.69, 9.17) is 5.73 Å². The van der Waals surface area contributed by atoms with Crippen molar-refractivity contribution in [3.8, 4) is 11.4 Å². The zero-order chi connectivity index (χ0) is 14.7. The van der Waals surface area contributed by atoms with Crippen molar-refractivity contribution in [2.45, 2.75) is 19.9 Å². The van der Waals surface area contributed by atoms with Gasteiger partial charge in [-0.25, -0.2) is 15.0 Å². The first kappa shape index (κ1) is 13.3. The summed E-state index contributed by atoms with van der Waals surface area (Å²) in [7, 11) is 0. The third-order valence-electron chi connectivity index (χ3n) is 3.31. The number of nitrogens with zero attached hydrogens (tertiary/aromatic N) is 4. The smallest absolute Gasteiger partial charge is 0.161 e. The fourth-order valence-electron chi connectivity index (χ4n) is 2.28. The normalized spacial score (nSPS) is 10.7. The summed E-state index contributed by atoms with van der Waals surface area (Å²) in [6.45, 7) is 2.98. The summed E-state index contributed by atoms with van der Waals surface area (Å²) in [5.74, 6) is 2.11. The van der Waals surface area contributed by atoms with Crippen LogP contribution in [-0.4, -0.2) is 19.5 Å². The molecule has 0 amide bonds. The highest BCUT2D eigenvalue weighted by Crippen LogP contribution is 2.17. The van der Waals surface area contributed by atoms with E-state index in [0.29, 0.717) is 18.1 Å². The van der Waals surface area contributed by atoms with E-state index in [1.807, 2.05) is 42.7 Å². The summed E-state index contributed by atoms with van der Waals surface area (Å²) in [6.07, 6.45) is 4.42. The van der Waals surface area contributed by atoms with Crippen LogP contribution in [0.5, 0.6) is 0 Å². The van der Waals surface area contributed by atoms with E-state index in [-0.39, 0.29) is 0 Å². The molecule has 2 N–H and O–H groups in total. The van der Waals surface area contributed by atoms with Gasteiger partial charge in [-0.3, -0.25) is 0 Å². The van der Waals surface area contributed by atoms with Gasteiger partial charge >= 0.3 is 0 Å². The van der Waals surface area contributed by atoms with Gasteiger partial charge in [0.15, 0.2) is 5.82 Å². The molecule has 3 aromatic rings. The molecule has 3 rings (SSSR count). The van der Waals surface area contributed by atoms with Gasteiger partial charge < -0.3 is 10.3 Å². The average Bonchev–Trinajstić information content (AvgIpc) is 2.95. The first-order valence-electron chi connectivity index (χ1n) is 6.95. The summed E-state index contributed by atoms with van der Waals surface area (Å²) in [6, 6.07) is 11.7. The summed E-state index contributed by atoms with van der Waals surface area (Å²) in [4.78, 5) is 13.3. The van der Waals surface area contributed by atoms with Gasteiger partial charge in [-0.05, 0) is 6.92 Å². The molecule has 0 atom stereocenters. The number of imidazole rings is 1. The van der Waals surface area contributed by atoms with E-state index >= 15 is 0 Å². The fourth-order valence-corrected chi connectivity index (χ4v) is 2.28. The molecule has 0 unspecified atom stereocenters. The van der Waals surface area contributed by atoms with E-state index in [9.17, 15) is 0 Å². The summed E-state index contributed by atoms with van der Waals surface area (Å²) < 4.78 is 2.10. The molecule has 0 aliphatic rings. The van der Waals surface area contributed by atoms with Crippen LogP contribution in [0.15, 0.2) is 48.8 Å². The number of hydrogen-bond acceptors (Lipinski definition) is 4. The topological polar surface area (TPSA) is 69.6 Å². The number of nitrogen functional groups attached to an aromatic ring is 1. The molecule has 0 saturated carbocycles. The van der Waals surface area contributed by atoms with Crippen molar-refractivity contribution in [1.29, 1.82) is 0 Å². The van der Waals surface area contributed by atoms with Crippen molar-refractivity contribution in [2.75, 3.05) is 5.73 Å². The van der Waals surface area contributed by atoms with E-state index in [1.54, 1.807) is 6.07 Å². The largest absolute Gasteiger partial charge is 0.384 e. The number of hydrogen-bond donors (Lipinski definition) is 1. The van der Waals surface area contributed by atoms with Crippen molar-refractivity contribution >= 4 is 5.82 Å². The molecule has 0 fully saturated rings. The Morgan fingerprint density at radius 3 is 2.71 bits per heavy atom. The molecule has 5 nitrogen and oxygen atoms in total. The highest BCUT2D eigenvalue weighted by atomic mass is 15.1. The highest BCUT2D eigenvalue weighted by Gasteiger charge is 2.08. The second-order valence-electron chi connectivity index (χ2n) is 4.78. The van der Waals surface area contributed by atoms with Crippen molar-refractivity contribution in [1.82, 2.24) is 19.5 Å². The van der Waals surface area contributed by atoms with Crippen LogP contribution in [0.1, 0.15) is 18.4 Å². The van der Waals surface area contributed by atoms with Gasteiger partial charge in [0.1, 0.15) is 11.6 Å². The van der Waals surface area contributed by atoms with Gasteiger partial charge in [-0.1, -0.05) is 30.3 Å². The minimum atomic E-state index is 0.480. The zero-order valence-electron chi connectivity index (χ0n) is 11.9. The van der Waals surface area contributed by atoms with Crippen LogP contribution >= 0.6 is 0 Å². The third kappa shape index (κ3) is 2.91. The second-order valence-corrected chi connectivity index (χ2v) is 4.78. The van der Waals surface area contributed by atoms with Crippen LogP contribution in [0.3, 0.4) is 0 Å². The van der Waals surface area contributed by atoms with Crippen molar-refractivity contribution in [2.24, 2.45) is 0 Å². The molecule has 21 heavy (non-hydrogen) atoms. The summed E-state index contributed by atoms with van der Waals surface area (Å²) >= 11 is 0. The maximum absolute atomic E-state index is 5.92. The van der Waals surface area contributed by atoms with E-state index in [0.717, 1.165) is 23.6 Å². The average molecular weight is 279 g/mol. The molecule has 0 aliphatic heterocycles. The Bertz CT molecular complexity index is 733. The first-order chi connectivity index (χ1) is 10.3. The lowest BCUT2D eigenvalue weighted by molar-refractivity contribution is 0.708. The molecule has 0 spiro atoms. The Kier molecular flexibility index (Phi) is 3.64. The Balaban J connectivity index is 1.95. The Hall–Kier alpha value is -2.69. The Morgan fingerprint density at radius 1 is 1.14 bits per heavy atom. The molecule has 5 heteroatoms. The third-order valence-corrected chi connectivity index (χ3v) is 3.31. The lowest BCUT2D eigenvalue weighted by atomic mass is 10.2. The molecule has 2 heterocycles. The maximum Gasteiger partial charge on any atom is 0.161 e. The van der Waals surface area contributed by atoms with Crippen LogP contribution in [0.25, 0.3) is 11.4 Å². The fraction of sp³-hybridized carbons (Fsp3) is 0.188. The molecular formula is C16H17N5. The predicted molar refractivity (Wildman–Crippen MR) is 82.6 cm³/mol. The number of aromatic nitrogens is 4. The van der Waals surface area contributed by atoms with Gasteiger partial charge in [-0.15, -0.1) is 0 Å². The minimum Gasteiger partial charge on any atom is -0.384 e. The molecule has 2 aromatic heterocycles. The molecule has 0 radical (unpaired) electrons. The summed E-state index contributed by atoms with van der Waals surface area (Å²) in [5.41, 5.74) is 7.76. The molecule has 0 saturated heterocycles. The quantitative estimate of drug-likeness (QED) is 0.796. The van der Waals surface area contributed by atoms with Crippen LogP contribution in [0.2, 0.25) is 0 Å². The maximum atomic E-state index is 5.92. The van der Waals surface area contributed by atoms with Crippen LogP contribution in [-0.2, 0) is 13.0 Å². The zero-order valence-corrected chi connectivity index (χ0v) is 11.9. The first-order valence-corrected chi connectivity index (χ1v) is 6.95. The predicted octanol–water partition coefficient (Wildman–Crippen LogP) is 2.53. The van der Waals surface area contributed by atoms with Crippen molar-refractivity contribution < 1.29 is 0 Å². The lowest BCUT2D eigenvalue weighted by Crippen LogP contribution is -2.05. The molecule has 0 aliphatic carbocycles. The molecule has 1 aromatic carbocycles. The van der Waals surface area contributed by atoms with Gasteiger partial charge in [0.25, 0.3) is 0 Å².